The van der Waals surface area contributed by atoms with E-state index in [-0.39, 0.29) is 0 Å². The van der Waals surface area contributed by atoms with Crippen molar-refractivity contribution >= 4 is 0 Å². The number of aryl methyl sites for hydroxylation is 1. The molecular weight excluding hydrogens is 200 g/mol. The average Bonchev–Trinajstić information content (AvgIpc) is 2.28. The predicted molar refractivity (Wildman–Crippen MR) is 64.0 cm³/mol. The Morgan fingerprint density at radius 2 is 2.19 bits per heavy atom. The topological polar surface area (TPSA) is 56.0 Å². The van der Waals surface area contributed by atoms with Crippen molar-refractivity contribution in [2.24, 2.45) is 0 Å². The molecule has 86 valence electrons. The molecule has 3 nitrogen and oxygen atoms in total. The molecule has 1 rings (SSSR count). The monoisotopic (exact) mass is 218 g/mol. The summed E-state index contributed by atoms with van der Waals surface area (Å²) in [4.78, 5) is 0. The highest BCUT2D eigenvalue weighted by molar-refractivity contribution is 5.35. The van der Waals surface area contributed by atoms with E-state index in [0.29, 0.717) is 18.7 Å². The fourth-order valence-corrected chi connectivity index (χ4v) is 1.53. The third-order valence-corrected chi connectivity index (χ3v) is 2.44. The van der Waals surface area contributed by atoms with Crippen molar-refractivity contribution < 1.29 is 5.11 Å². The van der Waals surface area contributed by atoms with Gasteiger partial charge in [-0.2, -0.15) is 5.26 Å². The number of benzene rings is 1. The van der Waals surface area contributed by atoms with Gasteiger partial charge in [0, 0.05) is 18.5 Å². The highest BCUT2D eigenvalue weighted by Gasteiger charge is 2.00. The van der Waals surface area contributed by atoms with E-state index in [1.54, 1.807) is 6.07 Å². The van der Waals surface area contributed by atoms with E-state index >= 15 is 0 Å². The molecule has 0 bridgehead atoms. The predicted octanol–water partition coefficient (Wildman–Crippen LogP) is 2.48. The maximum Gasteiger partial charge on any atom is 0.120 e. The van der Waals surface area contributed by atoms with Crippen molar-refractivity contribution in [2.75, 3.05) is 6.54 Å². The van der Waals surface area contributed by atoms with Crippen LogP contribution in [0.15, 0.2) is 18.2 Å². The molecule has 1 aromatic rings. The van der Waals surface area contributed by atoms with Gasteiger partial charge in [0.2, 0.25) is 0 Å². The van der Waals surface area contributed by atoms with Gasteiger partial charge in [0.25, 0.3) is 0 Å². The Labute approximate surface area is 96.7 Å². The molecular formula is C13H18N2O. The molecule has 0 saturated carbocycles. The largest absolute Gasteiger partial charge is 0.508 e. The molecule has 0 saturated heterocycles. The summed E-state index contributed by atoms with van der Waals surface area (Å²) >= 11 is 0. The Hall–Kier alpha value is -1.53. The maximum absolute atomic E-state index is 9.59. The zero-order chi connectivity index (χ0) is 11.8. The van der Waals surface area contributed by atoms with Crippen molar-refractivity contribution in [1.82, 2.24) is 5.32 Å². The first-order chi connectivity index (χ1) is 7.74. The zero-order valence-corrected chi connectivity index (χ0v) is 9.66. The number of nitriles is 1. The quantitative estimate of drug-likeness (QED) is 0.721. The van der Waals surface area contributed by atoms with Gasteiger partial charge in [0.15, 0.2) is 0 Å². The van der Waals surface area contributed by atoms with E-state index in [2.05, 4.69) is 11.4 Å². The average molecular weight is 218 g/mol. The molecule has 1 aromatic carbocycles. The number of phenols is 1. The van der Waals surface area contributed by atoms with Crippen LogP contribution in [0.1, 0.15) is 30.4 Å². The Kier molecular flexibility index (Phi) is 5.38. The van der Waals surface area contributed by atoms with Crippen LogP contribution >= 0.6 is 0 Å². The third kappa shape index (κ3) is 4.33. The van der Waals surface area contributed by atoms with E-state index < -0.39 is 0 Å². The van der Waals surface area contributed by atoms with Gasteiger partial charge < -0.3 is 10.4 Å². The summed E-state index contributed by atoms with van der Waals surface area (Å²) in [6, 6.07) is 7.73. The summed E-state index contributed by atoms with van der Waals surface area (Å²) in [6.07, 6.45) is 2.56. The van der Waals surface area contributed by atoms with Crippen molar-refractivity contribution in [3.8, 4) is 11.8 Å². The normalized spacial score (nSPS) is 10.0. The lowest BCUT2D eigenvalue weighted by molar-refractivity contribution is 0.464. The molecule has 0 atom stereocenters. The second-order valence-electron chi connectivity index (χ2n) is 3.92. The first-order valence-electron chi connectivity index (χ1n) is 5.60. The van der Waals surface area contributed by atoms with Gasteiger partial charge in [-0.25, -0.2) is 0 Å². The van der Waals surface area contributed by atoms with Crippen molar-refractivity contribution in [2.45, 2.75) is 32.7 Å². The van der Waals surface area contributed by atoms with Gasteiger partial charge in [0.1, 0.15) is 5.75 Å². The molecule has 0 aliphatic heterocycles. The Morgan fingerprint density at radius 1 is 1.38 bits per heavy atom. The SMILES string of the molecule is Cc1ccc(O)c(CNCCCCC#N)c1. The molecule has 2 N–H and O–H groups in total. The van der Waals surface area contributed by atoms with Gasteiger partial charge in [-0.3, -0.25) is 0 Å². The lowest BCUT2D eigenvalue weighted by Crippen LogP contribution is -2.14. The van der Waals surface area contributed by atoms with Gasteiger partial charge in [-0.05, 0) is 32.4 Å². The standard InChI is InChI=1S/C13H18N2O/c1-11-5-6-13(16)12(9-11)10-15-8-4-2-3-7-14/h5-6,9,15-16H,2-4,8,10H2,1H3. The molecule has 0 fully saturated rings. The number of phenolic OH excluding ortho intramolecular Hbond substituents is 1. The number of hydrogen-bond acceptors (Lipinski definition) is 3. The summed E-state index contributed by atoms with van der Waals surface area (Å²) < 4.78 is 0. The molecule has 3 heteroatoms. The second-order valence-corrected chi connectivity index (χ2v) is 3.92. The number of nitrogens with one attached hydrogen (secondary N) is 1. The molecule has 0 aliphatic rings. The smallest absolute Gasteiger partial charge is 0.120 e. The summed E-state index contributed by atoms with van der Waals surface area (Å²) in [5.41, 5.74) is 2.08. The van der Waals surface area contributed by atoms with E-state index in [0.717, 1.165) is 30.5 Å². The van der Waals surface area contributed by atoms with Crippen LogP contribution in [0.25, 0.3) is 0 Å². The van der Waals surface area contributed by atoms with Crippen LogP contribution in [0.3, 0.4) is 0 Å². The lowest BCUT2D eigenvalue weighted by Gasteiger charge is -2.07. The van der Waals surface area contributed by atoms with Gasteiger partial charge in [-0.1, -0.05) is 17.7 Å². The molecule has 0 heterocycles. The van der Waals surface area contributed by atoms with E-state index in [4.69, 9.17) is 5.26 Å². The summed E-state index contributed by atoms with van der Waals surface area (Å²) in [5.74, 6) is 0.343. The van der Waals surface area contributed by atoms with E-state index in [9.17, 15) is 5.11 Å². The van der Waals surface area contributed by atoms with E-state index in [1.807, 2.05) is 19.1 Å². The molecule has 0 radical (unpaired) electrons. The number of aromatic hydroxyl groups is 1. The number of nitrogens with zero attached hydrogens (tertiary/aromatic N) is 1. The van der Waals surface area contributed by atoms with Crippen LogP contribution < -0.4 is 5.32 Å². The summed E-state index contributed by atoms with van der Waals surface area (Å²) in [6.45, 7) is 3.57. The number of unbranched alkanes of at least 4 members (excludes halogenated alkanes) is 2. The second kappa shape index (κ2) is 6.86. The van der Waals surface area contributed by atoms with E-state index in [1.165, 1.54) is 0 Å². The van der Waals surface area contributed by atoms with Gasteiger partial charge in [0.05, 0.1) is 6.07 Å². The minimum atomic E-state index is 0.343. The van der Waals surface area contributed by atoms with Crippen molar-refractivity contribution in [1.29, 1.82) is 5.26 Å². The Morgan fingerprint density at radius 3 is 2.94 bits per heavy atom. The highest BCUT2D eigenvalue weighted by atomic mass is 16.3. The van der Waals surface area contributed by atoms with Crippen molar-refractivity contribution in [3.63, 3.8) is 0 Å². The van der Waals surface area contributed by atoms with Crippen LogP contribution in [0.5, 0.6) is 5.75 Å². The summed E-state index contributed by atoms with van der Waals surface area (Å²) in [7, 11) is 0. The molecule has 0 amide bonds. The van der Waals surface area contributed by atoms with Crippen molar-refractivity contribution in [3.05, 3.63) is 29.3 Å². The van der Waals surface area contributed by atoms with Gasteiger partial charge >= 0.3 is 0 Å². The zero-order valence-electron chi connectivity index (χ0n) is 9.66. The molecule has 0 aromatic heterocycles. The fourth-order valence-electron chi connectivity index (χ4n) is 1.53. The van der Waals surface area contributed by atoms with Crippen LogP contribution in [-0.2, 0) is 6.54 Å². The first kappa shape index (κ1) is 12.5. The molecule has 0 unspecified atom stereocenters. The first-order valence-corrected chi connectivity index (χ1v) is 5.60. The number of hydrogen-bond donors (Lipinski definition) is 2. The summed E-state index contributed by atoms with van der Waals surface area (Å²) in [5, 5.41) is 21.2. The Balaban J connectivity index is 2.27. The lowest BCUT2D eigenvalue weighted by atomic mass is 10.1. The van der Waals surface area contributed by atoms with Crippen LogP contribution in [0.2, 0.25) is 0 Å². The third-order valence-electron chi connectivity index (χ3n) is 2.44. The fraction of sp³-hybridized carbons (Fsp3) is 0.462. The highest BCUT2D eigenvalue weighted by Crippen LogP contribution is 2.17. The molecule has 0 aliphatic carbocycles. The van der Waals surface area contributed by atoms with Crippen LogP contribution in [-0.4, -0.2) is 11.7 Å². The van der Waals surface area contributed by atoms with Gasteiger partial charge in [-0.15, -0.1) is 0 Å². The molecule has 0 spiro atoms. The Bertz CT molecular complexity index is 369. The van der Waals surface area contributed by atoms with Crippen LogP contribution in [0, 0.1) is 18.3 Å². The minimum Gasteiger partial charge on any atom is -0.508 e. The van der Waals surface area contributed by atoms with Crippen LogP contribution in [0.4, 0.5) is 0 Å². The molecule has 16 heavy (non-hydrogen) atoms. The number of rotatable bonds is 6. The maximum atomic E-state index is 9.59. The minimum absolute atomic E-state index is 0.343.